The molecular formula is C24H21N5O4. The second-order valence-electron chi connectivity index (χ2n) is 8.07. The van der Waals surface area contributed by atoms with Gasteiger partial charge in [-0.1, -0.05) is 18.2 Å². The van der Waals surface area contributed by atoms with E-state index < -0.39 is 4.92 Å². The largest absolute Gasteiger partial charge is 0.398 e. The summed E-state index contributed by atoms with van der Waals surface area (Å²) in [5, 5.41) is 21.6. The van der Waals surface area contributed by atoms with Gasteiger partial charge in [0.05, 0.1) is 17.0 Å². The minimum atomic E-state index is -0.518. The molecule has 0 unspecified atom stereocenters. The monoisotopic (exact) mass is 443 g/mol. The summed E-state index contributed by atoms with van der Waals surface area (Å²) in [5.41, 5.74) is 4.37. The highest BCUT2D eigenvalue weighted by Crippen LogP contribution is 2.32. The van der Waals surface area contributed by atoms with E-state index in [1.54, 1.807) is 42.6 Å². The maximum atomic E-state index is 12.4. The molecular weight excluding hydrogens is 422 g/mol. The van der Waals surface area contributed by atoms with Gasteiger partial charge in [0.1, 0.15) is 5.56 Å². The van der Waals surface area contributed by atoms with Gasteiger partial charge in [0.2, 0.25) is 0 Å². The number of amides is 2. The van der Waals surface area contributed by atoms with Crippen LogP contribution < -0.4 is 10.6 Å². The van der Waals surface area contributed by atoms with Crippen molar-refractivity contribution in [3.8, 4) is 16.8 Å². The Hall–Kier alpha value is -4.27. The summed E-state index contributed by atoms with van der Waals surface area (Å²) in [6.45, 7) is 0.534. The van der Waals surface area contributed by atoms with Gasteiger partial charge in [0.25, 0.3) is 11.8 Å². The van der Waals surface area contributed by atoms with Crippen molar-refractivity contribution in [1.29, 1.82) is 0 Å². The molecule has 9 nitrogen and oxygen atoms in total. The van der Waals surface area contributed by atoms with E-state index in [1.165, 1.54) is 4.68 Å². The molecule has 0 saturated carbocycles. The first kappa shape index (κ1) is 20.6. The van der Waals surface area contributed by atoms with Gasteiger partial charge in [-0.05, 0) is 72.1 Å². The maximum Gasteiger partial charge on any atom is 0.398 e. The minimum absolute atomic E-state index is 0.130. The number of anilines is 1. The summed E-state index contributed by atoms with van der Waals surface area (Å²) >= 11 is 0. The Bertz CT molecular complexity index is 1320. The first-order chi connectivity index (χ1) is 16.0. The van der Waals surface area contributed by atoms with Gasteiger partial charge in [0, 0.05) is 23.4 Å². The van der Waals surface area contributed by atoms with E-state index in [0.29, 0.717) is 41.0 Å². The lowest BCUT2D eigenvalue weighted by Gasteiger charge is -2.16. The summed E-state index contributed by atoms with van der Waals surface area (Å²) in [6, 6.07) is 12.2. The second kappa shape index (κ2) is 8.34. The van der Waals surface area contributed by atoms with Crippen LogP contribution in [-0.4, -0.2) is 33.1 Å². The van der Waals surface area contributed by atoms with Crippen LogP contribution in [0.4, 0.5) is 11.5 Å². The van der Waals surface area contributed by atoms with Crippen molar-refractivity contribution < 1.29 is 14.5 Å². The fourth-order valence-corrected chi connectivity index (χ4v) is 4.25. The van der Waals surface area contributed by atoms with Crippen molar-refractivity contribution >= 4 is 23.3 Å². The Morgan fingerprint density at radius 3 is 2.82 bits per heavy atom. The molecule has 0 saturated heterocycles. The number of aromatic nitrogens is 2. The zero-order chi connectivity index (χ0) is 22.9. The topological polar surface area (TPSA) is 119 Å². The molecule has 2 aliphatic rings. The number of rotatable bonds is 5. The summed E-state index contributed by atoms with van der Waals surface area (Å²) in [4.78, 5) is 35.7. The number of carbonyl (C=O) groups is 2. The normalized spacial score (nSPS) is 14.9. The van der Waals surface area contributed by atoms with E-state index in [9.17, 15) is 19.7 Å². The molecule has 0 bridgehead atoms. The highest BCUT2D eigenvalue weighted by atomic mass is 16.6. The molecule has 0 fully saturated rings. The van der Waals surface area contributed by atoms with Gasteiger partial charge in [-0.3, -0.25) is 9.59 Å². The number of carbonyl (C=O) groups excluding carboxylic acids is 2. The molecule has 2 amide bonds. The van der Waals surface area contributed by atoms with Crippen molar-refractivity contribution in [3.05, 3.63) is 81.6 Å². The van der Waals surface area contributed by atoms with Crippen LogP contribution in [0.25, 0.3) is 16.8 Å². The molecule has 166 valence electrons. The Morgan fingerprint density at radius 1 is 1.15 bits per heavy atom. The van der Waals surface area contributed by atoms with Crippen LogP contribution >= 0.6 is 0 Å². The van der Waals surface area contributed by atoms with Gasteiger partial charge in [-0.2, -0.15) is 0 Å². The summed E-state index contributed by atoms with van der Waals surface area (Å²) in [7, 11) is 0. The number of allylic oxidation sites excluding steroid dienone is 1. The Morgan fingerprint density at radius 2 is 2.03 bits per heavy atom. The van der Waals surface area contributed by atoms with Crippen molar-refractivity contribution in [2.24, 2.45) is 0 Å². The molecule has 1 aromatic heterocycles. The van der Waals surface area contributed by atoms with Crippen LogP contribution in [0.5, 0.6) is 0 Å². The fraction of sp³-hybridized carbons (Fsp3) is 0.208. The lowest BCUT2D eigenvalue weighted by Crippen LogP contribution is -2.31. The van der Waals surface area contributed by atoms with E-state index in [4.69, 9.17) is 0 Å². The molecule has 2 heterocycles. The van der Waals surface area contributed by atoms with E-state index in [1.807, 2.05) is 12.1 Å². The molecule has 33 heavy (non-hydrogen) atoms. The SMILES string of the molecule is O=C(Nc1cccc(-n2cc(-c3ccc4c(c3)CCNC4=O)c([N+](=O)[O-])n2)c1)C1=CCCC1. The van der Waals surface area contributed by atoms with Crippen LogP contribution in [0.15, 0.2) is 60.3 Å². The Labute approximate surface area is 189 Å². The molecule has 5 rings (SSSR count). The van der Waals surface area contributed by atoms with E-state index >= 15 is 0 Å². The Balaban J connectivity index is 1.48. The second-order valence-corrected chi connectivity index (χ2v) is 8.07. The number of benzene rings is 2. The van der Waals surface area contributed by atoms with Gasteiger partial charge < -0.3 is 20.7 Å². The number of nitrogens with one attached hydrogen (secondary N) is 2. The molecule has 0 spiro atoms. The van der Waals surface area contributed by atoms with Crippen molar-refractivity contribution in [2.75, 3.05) is 11.9 Å². The summed E-state index contributed by atoms with van der Waals surface area (Å²) in [6.07, 6.45) is 6.87. The molecule has 3 aromatic rings. The number of nitro groups is 1. The predicted molar refractivity (Wildman–Crippen MR) is 122 cm³/mol. The minimum Gasteiger partial charge on any atom is -0.358 e. The lowest BCUT2D eigenvalue weighted by molar-refractivity contribution is -0.389. The van der Waals surface area contributed by atoms with Crippen LogP contribution in [0.1, 0.15) is 35.2 Å². The third-order valence-electron chi connectivity index (χ3n) is 5.91. The lowest BCUT2D eigenvalue weighted by atomic mass is 9.96. The predicted octanol–water partition coefficient (Wildman–Crippen LogP) is 3.78. The number of hydrogen-bond donors (Lipinski definition) is 2. The maximum absolute atomic E-state index is 12.4. The quantitative estimate of drug-likeness (QED) is 0.459. The first-order valence-corrected chi connectivity index (χ1v) is 10.8. The van der Waals surface area contributed by atoms with Gasteiger partial charge in [-0.15, -0.1) is 4.68 Å². The third kappa shape index (κ3) is 4.00. The molecule has 0 atom stereocenters. The smallest absolute Gasteiger partial charge is 0.358 e. The fourth-order valence-electron chi connectivity index (χ4n) is 4.25. The van der Waals surface area contributed by atoms with E-state index in [2.05, 4.69) is 15.7 Å². The molecule has 1 aliphatic carbocycles. The number of fused-ring (bicyclic) bond motifs is 1. The zero-order valence-corrected chi connectivity index (χ0v) is 17.7. The Kier molecular flexibility index (Phi) is 5.21. The zero-order valence-electron chi connectivity index (χ0n) is 17.7. The highest BCUT2D eigenvalue weighted by Gasteiger charge is 2.25. The molecule has 9 heteroatoms. The molecule has 2 N–H and O–H groups in total. The van der Waals surface area contributed by atoms with Gasteiger partial charge >= 0.3 is 5.82 Å². The van der Waals surface area contributed by atoms with Crippen LogP contribution in [-0.2, 0) is 11.2 Å². The van der Waals surface area contributed by atoms with Gasteiger partial charge in [-0.25, -0.2) is 0 Å². The van der Waals surface area contributed by atoms with Crippen molar-refractivity contribution in [2.45, 2.75) is 25.7 Å². The molecule has 1 aliphatic heterocycles. The number of nitrogens with zero attached hydrogens (tertiary/aromatic N) is 3. The first-order valence-electron chi connectivity index (χ1n) is 10.8. The molecule has 0 radical (unpaired) electrons. The average molecular weight is 443 g/mol. The third-order valence-corrected chi connectivity index (χ3v) is 5.91. The van der Waals surface area contributed by atoms with Crippen molar-refractivity contribution in [1.82, 2.24) is 15.1 Å². The van der Waals surface area contributed by atoms with Crippen LogP contribution in [0.3, 0.4) is 0 Å². The standard InChI is InChI=1S/C24H21N5O4/c30-23(15-4-1-2-5-15)26-18-6-3-7-19(13-18)28-14-21(22(27-28)29(32)33)16-8-9-20-17(12-16)10-11-25-24(20)31/h3-4,6-9,12-14H,1-2,5,10-11H2,(H,25,31)(H,26,30). The number of hydrogen-bond acceptors (Lipinski definition) is 5. The van der Waals surface area contributed by atoms with E-state index in [0.717, 1.165) is 30.4 Å². The van der Waals surface area contributed by atoms with Crippen molar-refractivity contribution in [3.63, 3.8) is 0 Å². The molecule has 2 aromatic carbocycles. The average Bonchev–Trinajstić information content (AvgIpc) is 3.50. The van der Waals surface area contributed by atoms with E-state index in [-0.39, 0.29) is 17.6 Å². The summed E-state index contributed by atoms with van der Waals surface area (Å²) in [5.74, 6) is -0.545. The van der Waals surface area contributed by atoms with Gasteiger partial charge in [0.15, 0.2) is 0 Å². The summed E-state index contributed by atoms with van der Waals surface area (Å²) < 4.78 is 1.43. The van der Waals surface area contributed by atoms with Crippen LogP contribution in [0, 0.1) is 10.1 Å². The highest BCUT2D eigenvalue weighted by molar-refractivity contribution is 6.04. The van der Waals surface area contributed by atoms with Crippen LogP contribution in [0.2, 0.25) is 0 Å².